The number of H-pyrrole nitrogens is 1. The van der Waals surface area contributed by atoms with Crippen molar-refractivity contribution in [3.05, 3.63) is 88.9 Å². The van der Waals surface area contributed by atoms with Crippen LogP contribution in [0.4, 0.5) is 25.1 Å². The van der Waals surface area contributed by atoms with Gasteiger partial charge in [0.05, 0.1) is 35.0 Å². The lowest BCUT2D eigenvalue weighted by Crippen LogP contribution is -2.44. The van der Waals surface area contributed by atoms with Crippen LogP contribution in [0, 0.1) is 25.5 Å². The number of benzene rings is 2. The van der Waals surface area contributed by atoms with E-state index in [1.54, 1.807) is 19.1 Å². The number of hydrogen-bond donors (Lipinski definition) is 3. The van der Waals surface area contributed by atoms with Crippen LogP contribution in [0.1, 0.15) is 52.9 Å². The number of ether oxygens (including phenoxy) is 1. The van der Waals surface area contributed by atoms with Gasteiger partial charge in [0.2, 0.25) is 17.4 Å². The van der Waals surface area contributed by atoms with Crippen LogP contribution in [0.15, 0.2) is 54.9 Å². The first-order valence-electron chi connectivity index (χ1n) is 14.3. The molecule has 4 heterocycles. The first-order chi connectivity index (χ1) is 21.6. The topological polar surface area (TPSA) is 148 Å². The number of imide groups is 1. The second-order valence-corrected chi connectivity index (χ2v) is 11.4. The number of rotatable bonds is 6. The lowest BCUT2D eigenvalue weighted by Gasteiger charge is -2.20. The fourth-order valence-corrected chi connectivity index (χ4v) is 6.16. The summed E-state index contributed by atoms with van der Waals surface area (Å²) in [5.74, 6) is -2.97. The van der Waals surface area contributed by atoms with E-state index in [9.17, 15) is 23.2 Å². The number of halogens is 2. The molecular formula is C32H27F2N7O4. The van der Waals surface area contributed by atoms with Crippen molar-refractivity contribution < 1.29 is 27.9 Å². The van der Waals surface area contributed by atoms with Crippen molar-refractivity contribution in [2.45, 2.75) is 45.1 Å². The van der Waals surface area contributed by atoms with E-state index in [4.69, 9.17) is 10.5 Å². The zero-order valence-electron chi connectivity index (χ0n) is 24.3. The molecule has 3 aromatic heterocycles. The summed E-state index contributed by atoms with van der Waals surface area (Å²) in [4.78, 5) is 48.3. The number of nitrogen functional groups attached to an aromatic ring is 1. The third-order valence-electron chi connectivity index (χ3n) is 8.50. The number of pyridine rings is 1. The highest BCUT2D eigenvalue weighted by atomic mass is 19.1. The van der Waals surface area contributed by atoms with Gasteiger partial charge >= 0.3 is 6.03 Å². The Kier molecular flexibility index (Phi) is 6.42. The maximum Gasteiger partial charge on any atom is 0.329 e. The molecule has 5 aromatic rings. The molecule has 1 spiro atoms. The Bertz CT molecular complexity index is 2040. The maximum atomic E-state index is 14.0. The molecule has 0 bridgehead atoms. The monoisotopic (exact) mass is 611 g/mol. The molecule has 2 fully saturated rings. The van der Waals surface area contributed by atoms with Gasteiger partial charge < -0.3 is 20.8 Å². The Morgan fingerprint density at radius 1 is 1.00 bits per heavy atom. The Labute approximate surface area is 255 Å². The van der Waals surface area contributed by atoms with E-state index in [2.05, 4.69) is 20.4 Å². The number of nitrogens with one attached hydrogen (secondary N) is 2. The summed E-state index contributed by atoms with van der Waals surface area (Å²) < 4.78 is 34.7. The molecule has 0 radical (unpaired) electrons. The molecule has 2 aliphatic rings. The van der Waals surface area contributed by atoms with Crippen LogP contribution in [0.2, 0.25) is 0 Å². The molecule has 11 nitrogen and oxygen atoms in total. The zero-order valence-corrected chi connectivity index (χ0v) is 24.3. The number of aromatic nitrogens is 4. The molecule has 0 unspecified atom stereocenters. The zero-order chi connectivity index (χ0) is 31.6. The summed E-state index contributed by atoms with van der Waals surface area (Å²) in [6.45, 7) is 3.52. The third-order valence-corrected chi connectivity index (χ3v) is 8.50. The van der Waals surface area contributed by atoms with E-state index in [1.807, 2.05) is 13.0 Å². The molecule has 7 rings (SSSR count). The average molecular weight is 612 g/mol. The van der Waals surface area contributed by atoms with Crippen LogP contribution in [0.5, 0.6) is 11.6 Å². The molecule has 0 atom stereocenters. The van der Waals surface area contributed by atoms with Gasteiger partial charge in [0.25, 0.3) is 5.91 Å². The number of amides is 3. The minimum absolute atomic E-state index is 0.0402. The highest BCUT2D eigenvalue weighted by molar-refractivity contribution is 6.24. The quantitative estimate of drug-likeness (QED) is 0.167. The van der Waals surface area contributed by atoms with E-state index in [1.165, 1.54) is 34.1 Å². The number of fused-ring (bicyclic) bond motifs is 1. The number of para-hydroxylation sites is 1. The van der Waals surface area contributed by atoms with Crippen molar-refractivity contribution in [1.29, 1.82) is 0 Å². The van der Waals surface area contributed by atoms with Gasteiger partial charge in [0.1, 0.15) is 11.4 Å². The third kappa shape index (κ3) is 4.50. The van der Waals surface area contributed by atoms with Gasteiger partial charge in [-0.2, -0.15) is 5.10 Å². The van der Waals surface area contributed by atoms with Gasteiger partial charge in [0, 0.05) is 17.0 Å². The molecule has 1 aliphatic carbocycles. The molecular weight excluding hydrogens is 584 g/mol. The highest BCUT2D eigenvalue weighted by Gasteiger charge is 2.53. The first-order valence-corrected chi connectivity index (χ1v) is 14.3. The SMILES string of the molecule is Cc1cc2cc(C(=O)c3cnn(-c4cnc(Oc5c(F)cccc5F)cc4C)c3N)[nH]c2cc1N1C(=O)NC2(CCCC2)C1=O. The summed E-state index contributed by atoms with van der Waals surface area (Å²) in [6, 6.07) is 9.60. The predicted octanol–water partition coefficient (Wildman–Crippen LogP) is 5.62. The second-order valence-electron chi connectivity index (χ2n) is 11.4. The number of aryl methyl sites for hydroxylation is 2. The summed E-state index contributed by atoms with van der Waals surface area (Å²) in [6.07, 6.45) is 5.71. The van der Waals surface area contributed by atoms with Crippen LogP contribution < -0.4 is 20.7 Å². The number of aromatic amines is 1. The second kappa shape index (κ2) is 10.3. The van der Waals surface area contributed by atoms with Gasteiger partial charge in [-0.15, -0.1) is 0 Å². The van der Waals surface area contributed by atoms with Crippen molar-refractivity contribution in [3.8, 4) is 17.3 Å². The summed E-state index contributed by atoms with van der Waals surface area (Å²) in [7, 11) is 0. The van der Waals surface area contributed by atoms with Gasteiger partial charge in [-0.05, 0) is 68.1 Å². The van der Waals surface area contributed by atoms with Crippen LogP contribution >= 0.6 is 0 Å². The maximum absolute atomic E-state index is 14.0. The Morgan fingerprint density at radius 2 is 1.71 bits per heavy atom. The fourth-order valence-electron chi connectivity index (χ4n) is 6.16. The summed E-state index contributed by atoms with van der Waals surface area (Å²) in [5.41, 5.74) is 8.63. The molecule has 1 saturated carbocycles. The highest BCUT2D eigenvalue weighted by Crippen LogP contribution is 2.39. The van der Waals surface area contributed by atoms with Crippen molar-refractivity contribution in [2.24, 2.45) is 0 Å². The molecule has 2 aromatic carbocycles. The van der Waals surface area contributed by atoms with Gasteiger partial charge in [0.15, 0.2) is 11.6 Å². The number of hydrogen-bond acceptors (Lipinski definition) is 7. The number of carbonyl (C=O) groups is 3. The van der Waals surface area contributed by atoms with Crippen LogP contribution in [0.3, 0.4) is 0 Å². The molecule has 228 valence electrons. The molecule has 3 amide bonds. The van der Waals surface area contributed by atoms with Crippen LogP contribution in [-0.2, 0) is 4.79 Å². The summed E-state index contributed by atoms with van der Waals surface area (Å²) in [5, 5.41) is 7.91. The lowest BCUT2D eigenvalue weighted by atomic mass is 9.97. The van der Waals surface area contributed by atoms with Gasteiger partial charge in [-0.1, -0.05) is 18.9 Å². The normalized spacial score (nSPS) is 15.8. The molecule has 45 heavy (non-hydrogen) atoms. The number of ketones is 1. The number of anilines is 2. The minimum atomic E-state index is -0.867. The smallest absolute Gasteiger partial charge is 0.329 e. The predicted molar refractivity (Wildman–Crippen MR) is 161 cm³/mol. The fraction of sp³-hybridized carbons (Fsp3) is 0.219. The Balaban J connectivity index is 1.16. The standard InChI is InChI=1S/C32H27F2N7O4/c1-16-10-18-12-23(38-22(18)13-24(16)40-30(43)32(39-31(40)44)8-3-4-9-32)27(42)19-14-37-41(29(19)35)25-15-36-26(11-17(25)2)45-28-20(33)6-5-7-21(28)34/h5-7,10-15,38H,3-4,8-9,35H2,1-2H3,(H,39,44). The number of nitrogens with two attached hydrogens (primary N) is 1. The Morgan fingerprint density at radius 3 is 2.42 bits per heavy atom. The largest absolute Gasteiger partial charge is 0.433 e. The average Bonchev–Trinajstić information content (AvgIpc) is 3.78. The minimum Gasteiger partial charge on any atom is -0.433 e. The molecule has 4 N–H and O–H groups in total. The van der Waals surface area contributed by atoms with Crippen LogP contribution in [0.25, 0.3) is 16.6 Å². The van der Waals surface area contributed by atoms with E-state index in [0.29, 0.717) is 40.9 Å². The Hall–Kier alpha value is -5.59. The lowest BCUT2D eigenvalue weighted by molar-refractivity contribution is -0.121. The van der Waals surface area contributed by atoms with E-state index >= 15 is 0 Å². The van der Waals surface area contributed by atoms with E-state index in [-0.39, 0.29) is 28.9 Å². The number of carbonyl (C=O) groups excluding carboxylic acids is 3. The van der Waals surface area contributed by atoms with Crippen molar-refractivity contribution >= 4 is 40.1 Å². The van der Waals surface area contributed by atoms with Crippen molar-refractivity contribution in [1.82, 2.24) is 25.1 Å². The van der Waals surface area contributed by atoms with Gasteiger partial charge in [-0.3, -0.25) is 9.59 Å². The number of nitrogens with zero attached hydrogens (tertiary/aromatic N) is 4. The summed E-state index contributed by atoms with van der Waals surface area (Å²) >= 11 is 0. The molecule has 13 heteroatoms. The van der Waals surface area contributed by atoms with Gasteiger partial charge in [-0.25, -0.2) is 28.1 Å². The molecule has 1 aliphatic heterocycles. The van der Waals surface area contributed by atoms with E-state index in [0.717, 1.165) is 30.4 Å². The van der Waals surface area contributed by atoms with Crippen LogP contribution in [-0.4, -0.2) is 43.0 Å². The molecule has 1 saturated heterocycles. The first kappa shape index (κ1) is 28.2. The van der Waals surface area contributed by atoms with E-state index < -0.39 is 34.7 Å². The number of urea groups is 1. The van der Waals surface area contributed by atoms with Crippen molar-refractivity contribution in [3.63, 3.8) is 0 Å². The van der Waals surface area contributed by atoms with Crippen molar-refractivity contribution in [2.75, 3.05) is 10.6 Å².